The van der Waals surface area contributed by atoms with Crippen LogP contribution in [0.25, 0.3) is 0 Å². The van der Waals surface area contributed by atoms with Crippen LogP contribution in [-0.4, -0.2) is 24.1 Å². The minimum atomic E-state index is -1.87. The number of hydrogen-bond donors (Lipinski definition) is 1. The maximum atomic E-state index is 12.9. The molecular formula is C26H19Cl2N5O2. The van der Waals surface area contributed by atoms with Crippen LogP contribution in [0.1, 0.15) is 17.0 Å². The summed E-state index contributed by atoms with van der Waals surface area (Å²) in [6.07, 6.45) is 1.17. The number of rotatable bonds is 3. The van der Waals surface area contributed by atoms with Crippen molar-refractivity contribution >= 4 is 29.3 Å². The molecule has 2 atom stereocenters. The second-order valence-electron chi connectivity index (χ2n) is 8.29. The molecule has 0 bridgehead atoms. The molecule has 0 aromatic heterocycles. The number of nitrogens with zero attached hydrogens (tertiary/aromatic N) is 4. The van der Waals surface area contributed by atoms with Crippen molar-refractivity contribution < 1.29 is 9.53 Å². The summed E-state index contributed by atoms with van der Waals surface area (Å²) in [7, 11) is 0. The van der Waals surface area contributed by atoms with E-state index in [-0.39, 0.29) is 36.0 Å². The van der Waals surface area contributed by atoms with Gasteiger partial charge in [0, 0.05) is 35.0 Å². The van der Waals surface area contributed by atoms with E-state index in [0.717, 1.165) is 5.56 Å². The molecule has 2 aromatic carbocycles. The van der Waals surface area contributed by atoms with E-state index in [1.165, 1.54) is 11.0 Å². The molecule has 1 heterocycles. The lowest BCUT2D eigenvalue weighted by atomic mass is 9.58. The predicted octanol–water partition coefficient (Wildman–Crippen LogP) is 5.06. The second kappa shape index (κ2) is 9.72. The molecule has 2 N–H and O–H groups in total. The van der Waals surface area contributed by atoms with E-state index in [2.05, 4.69) is 6.07 Å². The first-order valence-corrected chi connectivity index (χ1v) is 11.5. The average Bonchev–Trinajstić information content (AvgIpc) is 2.87. The fraction of sp³-hybridized carbons (Fsp3) is 0.231. The van der Waals surface area contributed by atoms with Crippen molar-refractivity contribution in [2.24, 2.45) is 17.1 Å². The highest BCUT2D eigenvalue weighted by Gasteiger charge is 2.55. The molecule has 174 valence electrons. The molecule has 7 nitrogen and oxygen atoms in total. The number of hydrogen-bond acceptors (Lipinski definition) is 6. The van der Waals surface area contributed by atoms with Crippen LogP contribution >= 0.6 is 23.2 Å². The summed E-state index contributed by atoms with van der Waals surface area (Å²) in [5, 5.41) is 30.9. The maximum Gasteiger partial charge on any atom is 0.410 e. The van der Waals surface area contributed by atoms with Crippen LogP contribution in [0.5, 0.6) is 0 Å². The molecule has 1 aliphatic heterocycles. The number of nitriles is 3. The zero-order valence-electron chi connectivity index (χ0n) is 18.4. The van der Waals surface area contributed by atoms with Crippen molar-refractivity contribution in [3.63, 3.8) is 0 Å². The Morgan fingerprint density at radius 2 is 1.86 bits per heavy atom. The monoisotopic (exact) mass is 503 g/mol. The van der Waals surface area contributed by atoms with Crippen molar-refractivity contribution in [3.05, 3.63) is 92.6 Å². The standard InChI is InChI=1S/C26H19Cl2N5O2/c27-17-6-7-19(22(28)10-17)23-21-12-33(25(34)35-13-16-4-2-1-3-5-16)9-8-18(21)20(11-29)24(32)26(23,14-30)15-31/h1-8,10,21,23H,9,12-13,32H2/t21-,23-/m1/s1. The Kier molecular flexibility index (Phi) is 6.72. The van der Waals surface area contributed by atoms with Crippen LogP contribution in [0, 0.1) is 45.3 Å². The van der Waals surface area contributed by atoms with Gasteiger partial charge in [-0.1, -0.05) is 65.7 Å². The Morgan fingerprint density at radius 3 is 2.49 bits per heavy atom. The zero-order chi connectivity index (χ0) is 25.2. The van der Waals surface area contributed by atoms with Crippen LogP contribution in [0.15, 0.2) is 71.5 Å². The van der Waals surface area contributed by atoms with Gasteiger partial charge in [-0.3, -0.25) is 0 Å². The molecule has 9 heteroatoms. The Morgan fingerprint density at radius 1 is 1.14 bits per heavy atom. The molecular weight excluding hydrogens is 485 g/mol. The highest BCUT2D eigenvalue weighted by atomic mass is 35.5. The fourth-order valence-corrected chi connectivity index (χ4v) is 5.26. The Bertz CT molecular complexity index is 1350. The quantitative estimate of drug-likeness (QED) is 0.623. The first-order chi connectivity index (χ1) is 16.9. The van der Waals surface area contributed by atoms with Gasteiger partial charge < -0.3 is 15.4 Å². The van der Waals surface area contributed by atoms with Crippen LogP contribution in [0.3, 0.4) is 0 Å². The van der Waals surface area contributed by atoms with E-state index < -0.39 is 23.3 Å². The third-order valence-corrected chi connectivity index (χ3v) is 6.99. The normalized spacial score (nSPS) is 20.5. The molecule has 4 rings (SSSR count). The number of fused-ring (bicyclic) bond motifs is 1. The molecule has 0 spiro atoms. The Labute approximate surface area is 212 Å². The predicted molar refractivity (Wildman–Crippen MR) is 129 cm³/mol. The number of ether oxygens (including phenoxy) is 1. The topological polar surface area (TPSA) is 127 Å². The molecule has 0 radical (unpaired) electrons. The van der Waals surface area contributed by atoms with Crippen molar-refractivity contribution in [2.75, 3.05) is 13.1 Å². The lowest BCUT2D eigenvalue weighted by Gasteiger charge is -2.45. The summed E-state index contributed by atoms with van der Waals surface area (Å²) in [4.78, 5) is 14.4. The molecule has 1 aliphatic carbocycles. The van der Waals surface area contributed by atoms with Gasteiger partial charge in [0.15, 0.2) is 5.41 Å². The molecule has 0 unspecified atom stereocenters. The number of benzene rings is 2. The maximum absolute atomic E-state index is 12.9. The smallest absolute Gasteiger partial charge is 0.410 e. The Hall–Kier alpha value is -3.96. The van der Waals surface area contributed by atoms with Crippen LogP contribution in [0.2, 0.25) is 10.0 Å². The molecule has 2 aliphatic rings. The number of amides is 1. The van der Waals surface area contributed by atoms with E-state index in [1.807, 2.05) is 42.5 Å². The van der Waals surface area contributed by atoms with Crippen molar-refractivity contribution in [1.29, 1.82) is 15.8 Å². The van der Waals surface area contributed by atoms with Crippen molar-refractivity contribution in [2.45, 2.75) is 12.5 Å². The zero-order valence-corrected chi connectivity index (χ0v) is 19.9. The average molecular weight is 504 g/mol. The van der Waals surface area contributed by atoms with E-state index in [4.69, 9.17) is 33.7 Å². The van der Waals surface area contributed by atoms with E-state index >= 15 is 0 Å². The van der Waals surface area contributed by atoms with Gasteiger partial charge in [0.05, 0.1) is 23.4 Å². The van der Waals surface area contributed by atoms with Gasteiger partial charge in [-0.2, -0.15) is 15.8 Å². The second-order valence-corrected chi connectivity index (χ2v) is 9.13. The highest BCUT2D eigenvalue weighted by molar-refractivity contribution is 6.35. The number of halogens is 2. The summed E-state index contributed by atoms with van der Waals surface area (Å²) in [6.45, 7) is 0.387. The third kappa shape index (κ3) is 4.19. The first kappa shape index (κ1) is 24.2. The molecule has 1 amide bonds. The SMILES string of the molecule is N#CC1=C(N)C(C#N)(C#N)[C@H](c2ccc(Cl)cc2Cl)[C@@H]2CN(C(=O)OCc3ccccc3)CC=C12. The lowest BCUT2D eigenvalue weighted by Crippen LogP contribution is -2.49. The molecule has 2 aromatic rings. The van der Waals surface area contributed by atoms with Gasteiger partial charge in [0.1, 0.15) is 12.7 Å². The summed E-state index contributed by atoms with van der Waals surface area (Å²) >= 11 is 12.6. The fourth-order valence-electron chi connectivity index (χ4n) is 4.74. The molecule has 0 fully saturated rings. The van der Waals surface area contributed by atoms with Gasteiger partial charge in [0.2, 0.25) is 0 Å². The van der Waals surface area contributed by atoms with Gasteiger partial charge in [-0.25, -0.2) is 4.79 Å². The van der Waals surface area contributed by atoms with E-state index in [0.29, 0.717) is 16.2 Å². The minimum absolute atomic E-state index is 0.0803. The molecule has 0 saturated carbocycles. The van der Waals surface area contributed by atoms with Crippen LogP contribution in [0.4, 0.5) is 4.79 Å². The summed E-state index contributed by atoms with van der Waals surface area (Å²) < 4.78 is 5.49. The summed E-state index contributed by atoms with van der Waals surface area (Å²) in [6, 6.07) is 20.2. The van der Waals surface area contributed by atoms with E-state index in [9.17, 15) is 20.6 Å². The number of carbonyl (C=O) groups is 1. The lowest BCUT2D eigenvalue weighted by molar-refractivity contribution is 0.0898. The van der Waals surface area contributed by atoms with Gasteiger partial charge in [0.25, 0.3) is 0 Å². The van der Waals surface area contributed by atoms with Crippen molar-refractivity contribution in [1.82, 2.24) is 4.90 Å². The number of carbonyl (C=O) groups excluding carboxylic acids is 1. The molecule has 0 saturated heterocycles. The number of allylic oxidation sites excluding steroid dienone is 2. The number of nitrogens with two attached hydrogens (primary N) is 1. The van der Waals surface area contributed by atoms with Gasteiger partial charge in [-0.05, 0) is 28.8 Å². The minimum Gasteiger partial charge on any atom is -0.445 e. The Balaban J connectivity index is 1.76. The summed E-state index contributed by atoms with van der Waals surface area (Å²) in [5.74, 6) is -1.46. The van der Waals surface area contributed by atoms with Gasteiger partial charge in [-0.15, -0.1) is 0 Å². The highest BCUT2D eigenvalue weighted by Crippen LogP contribution is 2.55. The van der Waals surface area contributed by atoms with Crippen molar-refractivity contribution in [3.8, 4) is 18.2 Å². The first-order valence-electron chi connectivity index (χ1n) is 10.7. The van der Waals surface area contributed by atoms with Crippen LogP contribution in [-0.2, 0) is 11.3 Å². The summed E-state index contributed by atoms with van der Waals surface area (Å²) in [5.41, 5.74) is 6.29. The largest absolute Gasteiger partial charge is 0.445 e. The van der Waals surface area contributed by atoms with E-state index in [1.54, 1.807) is 18.2 Å². The van der Waals surface area contributed by atoms with Gasteiger partial charge >= 0.3 is 6.09 Å². The third-order valence-electron chi connectivity index (χ3n) is 6.43. The molecule has 35 heavy (non-hydrogen) atoms. The van der Waals surface area contributed by atoms with Crippen LogP contribution < -0.4 is 5.73 Å².